The summed E-state index contributed by atoms with van der Waals surface area (Å²) in [4.78, 5) is 8.19. The van der Waals surface area contributed by atoms with Crippen LogP contribution in [0, 0.1) is 0 Å². The van der Waals surface area contributed by atoms with Crippen LogP contribution in [0.5, 0.6) is 0 Å². The molecule has 3 saturated heterocycles. The molecule has 0 bridgehead atoms. The maximum absolute atomic E-state index is 2.78. The molecule has 2 atom stereocenters. The average Bonchev–Trinajstić information content (AvgIpc) is 3.05. The fraction of sp³-hybridized carbons (Fsp3) is 0.700. The minimum Gasteiger partial charge on any atom is -0.302 e. The zero-order chi connectivity index (χ0) is 15.5. The highest BCUT2D eigenvalue weighted by molar-refractivity contribution is 5.21. The highest BCUT2D eigenvalue weighted by atomic mass is 15.3. The van der Waals surface area contributed by atoms with Gasteiger partial charge in [0.2, 0.25) is 0 Å². The van der Waals surface area contributed by atoms with Gasteiger partial charge in [-0.1, -0.05) is 36.8 Å². The number of piperazine rings is 1. The fourth-order valence-electron chi connectivity index (χ4n) is 4.82. The van der Waals surface area contributed by atoms with Crippen LogP contribution in [0.4, 0.5) is 0 Å². The van der Waals surface area contributed by atoms with Crippen LogP contribution in [0.1, 0.15) is 43.7 Å². The van der Waals surface area contributed by atoms with E-state index in [0.29, 0.717) is 6.04 Å². The van der Waals surface area contributed by atoms with Gasteiger partial charge in [0, 0.05) is 44.8 Å². The monoisotopic (exact) mass is 313 g/mol. The Balaban J connectivity index is 1.29. The number of hydrogen-bond donors (Lipinski definition) is 0. The molecule has 23 heavy (non-hydrogen) atoms. The lowest BCUT2D eigenvalue weighted by Crippen LogP contribution is -2.52. The van der Waals surface area contributed by atoms with E-state index in [4.69, 9.17) is 0 Å². The summed E-state index contributed by atoms with van der Waals surface area (Å²) in [5.74, 6) is 0. The van der Waals surface area contributed by atoms with Crippen molar-refractivity contribution in [3.05, 3.63) is 35.9 Å². The van der Waals surface area contributed by atoms with Gasteiger partial charge in [-0.2, -0.15) is 0 Å². The second-order valence-electron chi connectivity index (χ2n) is 7.60. The molecule has 0 aliphatic carbocycles. The summed E-state index contributed by atoms with van der Waals surface area (Å²) in [5, 5.41) is 0. The van der Waals surface area contributed by atoms with E-state index in [9.17, 15) is 0 Å². The molecule has 3 heteroatoms. The number of piperidine rings is 1. The first-order chi connectivity index (χ1) is 11.4. The molecule has 0 spiro atoms. The third kappa shape index (κ3) is 3.62. The molecule has 2 unspecified atom stereocenters. The van der Waals surface area contributed by atoms with Gasteiger partial charge in [0.05, 0.1) is 0 Å². The quantitative estimate of drug-likeness (QED) is 0.846. The van der Waals surface area contributed by atoms with Crippen LogP contribution in [-0.4, -0.2) is 66.6 Å². The minimum absolute atomic E-state index is 0.672. The van der Waals surface area contributed by atoms with Crippen molar-refractivity contribution in [2.75, 3.05) is 45.8 Å². The maximum atomic E-state index is 2.78. The third-order valence-corrected chi connectivity index (χ3v) is 6.15. The summed E-state index contributed by atoms with van der Waals surface area (Å²) < 4.78 is 0. The normalized spacial score (nSPS) is 30.4. The van der Waals surface area contributed by atoms with Crippen molar-refractivity contribution in [1.29, 1.82) is 0 Å². The van der Waals surface area contributed by atoms with Crippen LogP contribution in [0.25, 0.3) is 0 Å². The molecule has 3 fully saturated rings. The molecule has 126 valence electrons. The molecular formula is C20H31N3. The Morgan fingerprint density at radius 2 is 1.57 bits per heavy atom. The molecule has 3 heterocycles. The van der Waals surface area contributed by atoms with E-state index in [1.807, 2.05) is 0 Å². The molecule has 3 nitrogen and oxygen atoms in total. The zero-order valence-corrected chi connectivity index (χ0v) is 14.4. The van der Waals surface area contributed by atoms with Crippen molar-refractivity contribution in [3.63, 3.8) is 0 Å². The lowest BCUT2D eigenvalue weighted by atomic mass is 10.0. The largest absolute Gasteiger partial charge is 0.302 e. The van der Waals surface area contributed by atoms with E-state index in [1.165, 1.54) is 83.5 Å². The van der Waals surface area contributed by atoms with Gasteiger partial charge >= 0.3 is 0 Å². The van der Waals surface area contributed by atoms with Crippen molar-refractivity contribution < 1.29 is 0 Å². The van der Waals surface area contributed by atoms with E-state index < -0.39 is 0 Å². The highest BCUT2D eigenvalue weighted by Gasteiger charge is 2.37. The fourth-order valence-corrected chi connectivity index (χ4v) is 4.82. The first-order valence-corrected chi connectivity index (χ1v) is 9.65. The summed E-state index contributed by atoms with van der Waals surface area (Å²) >= 11 is 0. The lowest BCUT2D eigenvalue weighted by Gasteiger charge is -2.41. The van der Waals surface area contributed by atoms with Crippen LogP contribution in [0.2, 0.25) is 0 Å². The van der Waals surface area contributed by atoms with Gasteiger partial charge in [0.15, 0.2) is 0 Å². The number of rotatable bonds is 4. The smallest absolute Gasteiger partial charge is 0.0352 e. The number of benzene rings is 1. The Bertz CT molecular complexity index is 483. The van der Waals surface area contributed by atoms with E-state index in [2.05, 4.69) is 45.0 Å². The second kappa shape index (κ2) is 7.33. The van der Waals surface area contributed by atoms with Crippen molar-refractivity contribution in [2.45, 2.75) is 44.2 Å². The van der Waals surface area contributed by atoms with Gasteiger partial charge in [0.25, 0.3) is 0 Å². The predicted molar refractivity (Wildman–Crippen MR) is 95.6 cm³/mol. The van der Waals surface area contributed by atoms with E-state index in [-0.39, 0.29) is 0 Å². The molecule has 3 aliphatic rings. The molecule has 0 radical (unpaired) electrons. The van der Waals surface area contributed by atoms with Crippen molar-refractivity contribution in [3.8, 4) is 0 Å². The van der Waals surface area contributed by atoms with Crippen LogP contribution >= 0.6 is 0 Å². The van der Waals surface area contributed by atoms with Gasteiger partial charge in [-0.3, -0.25) is 9.80 Å². The van der Waals surface area contributed by atoms with Gasteiger partial charge in [-0.05, 0) is 44.3 Å². The maximum Gasteiger partial charge on any atom is 0.0352 e. The van der Waals surface area contributed by atoms with Crippen LogP contribution < -0.4 is 0 Å². The molecule has 1 aromatic carbocycles. The first-order valence-electron chi connectivity index (χ1n) is 9.65. The Morgan fingerprint density at radius 3 is 2.39 bits per heavy atom. The van der Waals surface area contributed by atoms with Crippen LogP contribution in [-0.2, 0) is 0 Å². The van der Waals surface area contributed by atoms with Crippen molar-refractivity contribution >= 4 is 0 Å². The van der Waals surface area contributed by atoms with Gasteiger partial charge in [-0.25, -0.2) is 0 Å². The first kappa shape index (κ1) is 15.6. The SMILES string of the molecule is c1ccc(C2CCC3CN(CCN4CCCCC4)CCN32)cc1. The van der Waals surface area contributed by atoms with Gasteiger partial charge in [-0.15, -0.1) is 0 Å². The zero-order valence-electron chi connectivity index (χ0n) is 14.4. The summed E-state index contributed by atoms with van der Waals surface area (Å²) in [6.45, 7) is 9.03. The molecule has 4 rings (SSSR count). The molecule has 0 aromatic heterocycles. The second-order valence-corrected chi connectivity index (χ2v) is 7.60. The number of hydrogen-bond acceptors (Lipinski definition) is 3. The standard InChI is InChI=1S/C20H31N3/c1-3-7-18(8-4-1)20-10-9-19-17-22(15-16-23(19)20)14-13-21-11-5-2-6-12-21/h1,3-4,7-8,19-20H,2,5-6,9-17H2. The molecule has 1 aromatic rings. The summed E-state index contributed by atoms with van der Waals surface area (Å²) in [6.07, 6.45) is 6.98. The Hall–Kier alpha value is -0.900. The van der Waals surface area contributed by atoms with E-state index in [0.717, 1.165) is 6.04 Å². The summed E-state index contributed by atoms with van der Waals surface area (Å²) in [6, 6.07) is 12.6. The van der Waals surface area contributed by atoms with Gasteiger partial charge < -0.3 is 4.90 Å². The molecule has 3 aliphatic heterocycles. The molecule has 0 N–H and O–H groups in total. The lowest BCUT2D eigenvalue weighted by molar-refractivity contribution is 0.0689. The minimum atomic E-state index is 0.672. The molecule has 0 saturated carbocycles. The topological polar surface area (TPSA) is 9.72 Å². The van der Waals surface area contributed by atoms with Gasteiger partial charge in [0.1, 0.15) is 0 Å². The average molecular weight is 313 g/mol. The molecule has 0 amide bonds. The van der Waals surface area contributed by atoms with E-state index >= 15 is 0 Å². The molecular weight excluding hydrogens is 282 g/mol. The predicted octanol–water partition coefficient (Wildman–Crippen LogP) is 2.99. The number of nitrogens with zero attached hydrogens (tertiary/aromatic N) is 3. The van der Waals surface area contributed by atoms with E-state index in [1.54, 1.807) is 0 Å². The number of likely N-dealkylation sites (tertiary alicyclic amines) is 1. The highest BCUT2D eigenvalue weighted by Crippen LogP contribution is 2.37. The number of fused-ring (bicyclic) bond motifs is 1. The Morgan fingerprint density at radius 1 is 0.783 bits per heavy atom. The summed E-state index contributed by atoms with van der Waals surface area (Å²) in [5.41, 5.74) is 1.52. The van der Waals surface area contributed by atoms with Crippen LogP contribution in [0.15, 0.2) is 30.3 Å². The summed E-state index contributed by atoms with van der Waals surface area (Å²) in [7, 11) is 0. The van der Waals surface area contributed by atoms with Crippen LogP contribution in [0.3, 0.4) is 0 Å². The Kier molecular flexibility index (Phi) is 4.98. The van der Waals surface area contributed by atoms with Crippen molar-refractivity contribution in [2.24, 2.45) is 0 Å². The Labute approximate surface area is 141 Å². The van der Waals surface area contributed by atoms with Crippen molar-refractivity contribution in [1.82, 2.24) is 14.7 Å². The third-order valence-electron chi connectivity index (χ3n) is 6.15.